The Kier molecular flexibility index (Phi) is 2.19. The van der Waals surface area contributed by atoms with E-state index < -0.39 is 6.55 Å². The maximum absolute atomic E-state index is 11.9. The molecule has 0 fully saturated rings. The largest absolute Gasteiger partial charge is 0.333 e. The quantitative estimate of drug-likeness (QED) is 0.710. The number of alkyl halides is 2. The molecule has 11 heavy (non-hydrogen) atoms. The van der Waals surface area contributed by atoms with Gasteiger partial charge in [-0.2, -0.15) is 13.9 Å². The summed E-state index contributed by atoms with van der Waals surface area (Å²) in [5, 5.41) is 3.42. The van der Waals surface area contributed by atoms with Crippen molar-refractivity contribution < 1.29 is 8.78 Å². The van der Waals surface area contributed by atoms with Crippen molar-refractivity contribution in [2.24, 2.45) is 5.73 Å². The van der Waals surface area contributed by atoms with Crippen molar-refractivity contribution in [2.75, 3.05) is 0 Å². The van der Waals surface area contributed by atoms with Crippen LogP contribution in [0.3, 0.4) is 0 Å². The molecule has 1 atom stereocenters. The molecule has 0 spiro atoms. The zero-order valence-electron chi connectivity index (χ0n) is 6.04. The third-order valence-corrected chi connectivity index (χ3v) is 1.35. The summed E-state index contributed by atoms with van der Waals surface area (Å²) in [6.07, 6.45) is 2.59. The molecule has 62 valence electrons. The van der Waals surface area contributed by atoms with Crippen LogP contribution in [0.5, 0.6) is 0 Å². The molecule has 0 bridgehead atoms. The average molecular weight is 161 g/mol. The highest BCUT2D eigenvalue weighted by molar-refractivity contribution is 5.08. The minimum absolute atomic E-state index is 0.248. The first-order valence-electron chi connectivity index (χ1n) is 3.19. The molecule has 5 heteroatoms. The summed E-state index contributed by atoms with van der Waals surface area (Å²) >= 11 is 0. The van der Waals surface area contributed by atoms with Gasteiger partial charge in [0, 0.05) is 17.8 Å². The topological polar surface area (TPSA) is 43.8 Å². The zero-order chi connectivity index (χ0) is 8.43. The van der Waals surface area contributed by atoms with Gasteiger partial charge in [-0.1, -0.05) is 0 Å². The first kappa shape index (κ1) is 8.13. The fourth-order valence-corrected chi connectivity index (χ4v) is 0.695. The first-order chi connectivity index (χ1) is 5.11. The molecule has 1 unspecified atom stereocenters. The molecule has 2 N–H and O–H groups in total. The van der Waals surface area contributed by atoms with Crippen molar-refractivity contribution in [1.82, 2.24) is 9.78 Å². The van der Waals surface area contributed by atoms with Crippen molar-refractivity contribution in [3.63, 3.8) is 0 Å². The number of hydrogen-bond donors (Lipinski definition) is 1. The lowest BCUT2D eigenvalue weighted by molar-refractivity contribution is 0.0565. The van der Waals surface area contributed by atoms with Gasteiger partial charge in [-0.05, 0) is 6.92 Å². The molecule has 1 aromatic rings. The number of rotatable bonds is 2. The lowest BCUT2D eigenvalue weighted by Gasteiger charge is -1.98. The van der Waals surface area contributed by atoms with E-state index in [1.165, 1.54) is 12.4 Å². The third kappa shape index (κ3) is 1.74. The van der Waals surface area contributed by atoms with Gasteiger partial charge in [0.2, 0.25) is 0 Å². The van der Waals surface area contributed by atoms with Gasteiger partial charge in [-0.25, -0.2) is 4.68 Å². The van der Waals surface area contributed by atoms with E-state index in [1.54, 1.807) is 6.92 Å². The predicted octanol–water partition coefficient (Wildman–Crippen LogP) is 1.30. The Hall–Kier alpha value is -0.970. The summed E-state index contributed by atoms with van der Waals surface area (Å²) in [5.41, 5.74) is 6.04. The van der Waals surface area contributed by atoms with Gasteiger partial charge < -0.3 is 5.73 Å². The van der Waals surface area contributed by atoms with E-state index >= 15 is 0 Å². The number of nitrogens with two attached hydrogens (primary N) is 1. The van der Waals surface area contributed by atoms with Crippen LogP contribution in [0.25, 0.3) is 0 Å². The minimum Gasteiger partial charge on any atom is -0.324 e. The molecule has 0 radical (unpaired) electrons. The summed E-state index contributed by atoms with van der Waals surface area (Å²) in [5.74, 6) is 0. The summed E-state index contributed by atoms with van der Waals surface area (Å²) in [6.45, 7) is -0.866. The Morgan fingerprint density at radius 1 is 1.64 bits per heavy atom. The van der Waals surface area contributed by atoms with Crippen molar-refractivity contribution >= 4 is 0 Å². The fraction of sp³-hybridized carbons (Fsp3) is 0.500. The zero-order valence-corrected chi connectivity index (χ0v) is 6.04. The Bertz CT molecular complexity index is 209. The second-order valence-corrected chi connectivity index (χ2v) is 2.32. The second kappa shape index (κ2) is 2.96. The standard InChI is InChI=1S/C6H9F2N3/c1-4(9)5-2-10-11(3-5)6(7)8/h2-4,6H,9H2,1H3. The van der Waals surface area contributed by atoms with Crippen molar-refractivity contribution in [2.45, 2.75) is 19.5 Å². The molecular formula is C6H9F2N3. The van der Waals surface area contributed by atoms with E-state index in [0.717, 1.165) is 0 Å². The molecule has 1 heterocycles. The molecular weight excluding hydrogens is 152 g/mol. The van der Waals surface area contributed by atoms with E-state index in [2.05, 4.69) is 5.10 Å². The van der Waals surface area contributed by atoms with Crippen molar-refractivity contribution in [3.8, 4) is 0 Å². The molecule has 0 aliphatic rings. The van der Waals surface area contributed by atoms with E-state index in [4.69, 9.17) is 5.73 Å². The van der Waals surface area contributed by atoms with Crippen LogP contribution in [0.2, 0.25) is 0 Å². The Morgan fingerprint density at radius 3 is 2.55 bits per heavy atom. The fourth-order valence-electron chi connectivity index (χ4n) is 0.695. The maximum atomic E-state index is 11.9. The van der Waals surface area contributed by atoms with Gasteiger partial charge >= 0.3 is 6.55 Å². The molecule has 3 nitrogen and oxygen atoms in total. The number of nitrogens with zero attached hydrogens (tertiary/aromatic N) is 2. The van der Waals surface area contributed by atoms with Crippen LogP contribution in [0.15, 0.2) is 12.4 Å². The maximum Gasteiger partial charge on any atom is 0.333 e. The first-order valence-corrected chi connectivity index (χ1v) is 3.19. The van der Waals surface area contributed by atoms with Gasteiger partial charge in [-0.15, -0.1) is 0 Å². The van der Waals surface area contributed by atoms with Crippen LogP contribution < -0.4 is 5.73 Å². The number of aromatic nitrogens is 2. The van der Waals surface area contributed by atoms with E-state index in [1.807, 2.05) is 0 Å². The molecule has 0 aliphatic carbocycles. The molecule has 1 rings (SSSR count). The highest BCUT2D eigenvalue weighted by Crippen LogP contribution is 2.12. The molecule has 0 saturated heterocycles. The SMILES string of the molecule is CC(N)c1cnn(C(F)F)c1. The van der Waals surface area contributed by atoms with Gasteiger partial charge in [0.05, 0.1) is 6.20 Å². The second-order valence-electron chi connectivity index (χ2n) is 2.32. The normalized spacial score (nSPS) is 13.9. The average Bonchev–Trinajstić information content (AvgIpc) is 2.33. The van der Waals surface area contributed by atoms with E-state index in [-0.39, 0.29) is 6.04 Å². The van der Waals surface area contributed by atoms with Crippen LogP contribution >= 0.6 is 0 Å². The Labute approximate surface area is 62.8 Å². The Morgan fingerprint density at radius 2 is 2.27 bits per heavy atom. The van der Waals surface area contributed by atoms with Crippen LogP contribution in [-0.4, -0.2) is 9.78 Å². The van der Waals surface area contributed by atoms with Gasteiger partial charge in [0.15, 0.2) is 0 Å². The lowest BCUT2D eigenvalue weighted by Crippen LogP contribution is -2.03. The summed E-state index contributed by atoms with van der Waals surface area (Å²) in [4.78, 5) is 0. The van der Waals surface area contributed by atoms with Gasteiger partial charge in [-0.3, -0.25) is 0 Å². The summed E-state index contributed by atoms with van der Waals surface area (Å²) in [6, 6.07) is -0.248. The molecule has 0 saturated carbocycles. The predicted molar refractivity (Wildman–Crippen MR) is 36.1 cm³/mol. The van der Waals surface area contributed by atoms with Gasteiger partial charge in [0.25, 0.3) is 0 Å². The van der Waals surface area contributed by atoms with Crippen molar-refractivity contribution in [3.05, 3.63) is 18.0 Å². The van der Waals surface area contributed by atoms with Crippen molar-refractivity contribution in [1.29, 1.82) is 0 Å². The molecule has 0 aromatic carbocycles. The smallest absolute Gasteiger partial charge is 0.324 e. The summed E-state index contributed by atoms with van der Waals surface area (Å²) < 4.78 is 24.4. The highest BCUT2D eigenvalue weighted by Gasteiger charge is 2.08. The third-order valence-electron chi connectivity index (χ3n) is 1.35. The summed E-state index contributed by atoms with van der Waals surface area (Å²) in [7, 11) is 0. The highest BCUT2D eigenvalue weighted by atomic mass is 19.3. The van der Waals surface area contributed by atoms with Crippen LogP contribution in [0.4, 0.5) is 8.78 Å². The number of halogens is 2. The van der Waals surface area contributed by atoms with E-state index in [9.17, 15) is 8.78 Å². The van der Waals surface area contributed by atoms with Gasteiger partial charge in [0.1, 0.15) is 0 Å². The number of hydrogen-bond acceptors (Lipinski definition) is 2. The minimum atomic E-state index is -2.58. The van der Waals surface area contributed by atoms with Crippen LogP contribution in [-0.2, 0) is 0 Å². The molecule has 0 aliphatic heterocycles. The molecule has 0 amide bonds. The van der Waals surface area contributed by atoms with Crippen LogP contribution in [0.1, 0.15) is 25.1 Å². The lowest BCUT2D eigenvalue weighted by atomic mass is 10.2. The van der Waals surface area contributed by atoms with E-state index in [0.29, 0.717) is 10.2 Å². The Balaban J connectivity index is 2.82. The molecule has 1 aromatic heterocycles. The van der Waals surface area contributed by atoms with Crippen LogP contribution in [0, 0.1) is 0 Å². The monoisotopic (exact) mass is 161 g/mol.